The standard InChI is InChI=1S/C31H40N6O6/c1-22-20-27(43-35-22)34-29(39)37(15-7-14-36-16-18-41-19-17-36)21-23-10-12-24(13-11-23)28(38)32-25-8-5-6-9-26(25)33-30(40)42-31(2,3)4/h5-6,8-13,20H,7,14-19,21H2,1-4H3,(H,32,38)(H,33,40)(H,34,39). The molecular weight excluding hydrogens is 552 g/mol. The van der Waals surface area contributed by atoms with Crippen molar-refractivity contribution in [3.05, 3.63) is 71.4 Å². The van der Waals surface area contributed by atoms with Gasteiger partial charge in [0.25, 0.3) is 5.91 Å². The monoisotopic (exact) mass is 592 g/mol. The number of hydrogen-bond acceptors (Lipinski definition) is 8. The summed E-state index contributed by atoms with van der Waals surface area (Å²) in [7, 11) is 0. The lowest BCUT2D eigenvalue weighted by atomic mass is 10.1. The third-order valence-electron chi connectivity index (χ3n) is 6.55. The summed E-state index contributed by atoms with van der Waals surface area (Å²) in [5.41, 5.74) is 2.16. The highest BCUT2D eigenvalue weighted by Gasteiger charge is 2.20. The molecule has 1 aliphatic rings. The molecule has 0 spiro atoms. The predicted molar refractivity (Wildman–Crippen MR) is 163 cm³/mol. The van der Waals surface area contributed by atoms with Crippen LogP contribution < -0.4 is 16.0 Å². The molecule has 43 heavy (non-hydrogen) atoms. The SMILES string of the molecule is Cc1cc(NC(=O)N(CCCN2CCOCC2)Cc2ccc(C(=O)Nc3ccccc3NC(=O)OC(C)(C)C)cc2)on1. The number of aryl methyl sites for hydroxylation is 1. The molecule has 1 aliphatic heterocycles. The van der Waals surface area contributed by atoms with Crippen molar-refractivity contribution in [1.82, 2.24) is 15.0 Å². The fourth-order valence-corrected chi connectivity index (χ4v) is 4.46. The molecule has 2 heterocycles. The highest BCUT2D eigenvalue weighted by molar-refractivity contribution is 6.06. The molecule has 1 saturated heterocycles. The van der Waals surface area contributed by atoms with Crippen molar-refractivity contribution in [3.8, 4) is 0 Å². The number of nitrogens with zero attached hydrogens (tertiary/aromatic N) is 3. The van der Waals surface area contributed by atoms with E-state index in [2.05, 4.69) is 26.0 Å². The van der Waals surface area contributed by atoms with Gasteiger partial charge in [-0.25, -0.2) is 9.59 Å². The zero-order valence-corrected chi connectivity index (χ0v) is 25.1. The van der Waals surface area contributed by atoms with E-state index in [1.165, 1.54) is 0 Å². The number of ether oxygens (including phenoxy) is 2. The molecule has 12 heteroatoms. The van der Waals surface area contributed by atoms with Crippen LogP contribution in [0, 0.1) is 6.92 Å². The molecule has 0 unspecified atom stereocenters. The Morgan fingerprint density at radius 1 is 0.977 bits per heavy atom. The number of carbonyl (C=O) groups is 3. The van der Waals surface area contributed by atoms with Gasteiger partial charge in [-0.15, -0.1) is 0 Å². The Balaban J connectivity index is 1.38. The van der Waals surface area contributed by atoms with Crippen LogP contribution in [0.2, 0.25) is 0 Å². The second-order valence-corrected chi connectivity index (χ2v) is 11.3. The van der Waals surface area contributed by atoms with Crippen molar-refractivity contribution in [2.24, 2.45) is 0 Å². The summed E-state index contributed by atoms with van der Waals surface area (Å²) < 4.78 is 15.9. The summed E-state index contributed by atoms with van der Waals surface area (Å²) in [5.74, 6) is -0.0556. The van der Waals surface area contributed by atoms with Gasteiger partial charge < -0.3 is 24.2 Å². The molecule has 3 aromatic rings. The second-order valence-electron chi connectivity index (χ2n) is 11.3. The minimum Gasteiger partial charge on any atom is -0.444 e. The van der Waals surface area contributed by atoms with Crippen LogP contribution in [0.3, 0.4) is 0 Å². The summed E-state index contributed by atoms with van der Waals surface area (Å²) in [6.07, 6.45) is 0.177. The number of rotatable bonds is 10. The first-order chi connectivity index (χ1) is 20.6. The van der Waals surface area contributed by atoms with E-state index in [1.807, 2.05) is 12.1 Å². The molecule has 3 N–H and O–H groups in total. The quantitative estimate of drug-likeness (QED) is 0.287. The molecule has 1 aromatic heterocycles. The van der Waals surface area contributed by atoms with Crippen LogP contribution in [0.25, 0.3) is 0 Å². The van der Waals surface area contributed by atoms with E-state index in [0.29, 0.717) is 35.7 Å². The van der Waals surface area contributed by atoms with Gasteiger partial charge in [-0.1, -0.05) is 29.4 Å². The molecule has 1 fully saturated rings. The van der Waals surface area contributed by atoms with Gasteiger partial charge in [0.05, 0.1) is 30.3 Å². The zero-order chi connectivity index (χ0) is 30.8. The summed E-state index contributed by atoms with van der Waals surface area (Å²) in [4.78, 5) is 42.5. The van der Waals surface area contributed by atoms with Crippen LogP contribution in [0.5, 0.6) is 0 Å². The fraction of sp³-hybridized carbons (Fsp3) is 0.419. The van der Waals surface area contributed by atoms with Crippen molar-refractivity contribution >= 4 is 35.3 Å². The van der Waals surface area contributed by atoms with Crippen molar-refractivity contribution in [2.75, 3.05) is 55.3 Å². The average molecular weight is 593 g/mol. The van der Waals surface area contributed by atoms with Crippen molar-refractivity contribution in [3.63, 3.8) is 0 Å². The molecule has 0 saturated carbocycles. The van der Waals surface area contributed by atoms with E-state index in [1.54, 1.807) is 75.1 Å². The molecule has 12 nitrogen and oxygen atoms in total. The second kappa shape index (κ2) is 14.7. The zero-order valence-electron chi connectivity index (χ0n) is 25.1. The molecular formula is C31H40N6O6. The van der Waals surface area contributed by atoms with Gasteiger partial charge in [0.1, 0.15) is 5.60 Å². The van der Waals surface area contributed by atoms with Crippen molar-refractivity contribution < 1.29 is 28.4 Å². The smallest absolute Gasteiger partial charge is 0.412 e. The molecule has 4 rings (SSSR count). The number of amides is 4. The van der Waals surface area contributed by atoms with E-state index >= 15 is 0 Å². The maximum Gasteiger partial charge on any atom is 0.412 e. The Kier molecular flexibility index (Phi) is 10.7. The molecule has 230 valence electrons. The fourth-order valence-electron chi connectivity index (χ4n) is 4.46. The summed E-state index contributed by atoms with van der Waals surface area (Å²) in [6, 6.07) is 15.3. The lowest BCUT2D eigenvalue weighted by Crippen LogP contribution is -2.40. The number of nitrogens with one attached hydrogen (secondary N) is 3. The Morgan fingerprint density at radius 3 is 2.28 bits per heavy atom. The average Bonchev–Trinajstić information content (AvgIpc) is 3.37. The maximum absolute atomic E-state index is 13.2. The van der Waals surface area contributed by atoms with Gasteiger partial charge in [0.15, 0.2) is 0 Å². The Labute approximate surface area is 251 Å². The van der Waals surface area contributed by atoms with E-state index in [-0.39, 0.29) is 17.8 Å². The van der Waals surface area contributed by atoms with Crippen molar-refractivity contribution in [2.45, 2.75) is 46.3 Å². The minimum absolute atomic E-state index is 0.286. The first-order valence-electron chi connectivity index (χ1n) is 14.3. The van der Waals surface area contributed by atoms with Gasteiger partial charge in [-0.2, -0.15) is 0 Å². The van der Waals surface area contributed by atoms with Gasteiger partial charge in [0, 0.05) is 44.4 Å². The predicted octanol–water partition coefficient (Wildman–Crippen LogP) is 5.34. The molecule has 4 amide bonds. The topological polar surface area (TPSA) is 138 Å². The summed E-state index contributed by atoms with van der Waals surface area (Å²) >= 11 is 0. The van der Waals surface area contributed by atoms with Crippen LogP contribution in [0.15, 0.2) is 59.1 Å². The number of hydrogen-bond donors (Lipinski definition) is 3. The molecule has 2 aromatic carbocycles. The van der Waals surface area contributed by atoms with Crippen LogP contribution >= 0.6 is 0 Å². The normalized spacial score (nSPS) is 13.7. The van der Waals surface area contributed by atoms with Gasteiger partial charge in [-0.05, 0) is 63.9 Å². The van der Waals surface area contributed by atoms with Gasteiger partial charge >= 0.3 is 12.1 Å². The van der Waals surface area contributed by atoms with E-state index in [4.69, 9.17) is 14.0 Å². The Morgan fingerprint density at radius 2 is 1.65 bits per heavy atom. The number of benzene rings is 2. The largest absolute Gasteiger partial charge is 0.444 e. The first-order valence-corrected chi connectivity index (χ1v) is 14.3. The van der Waals surface area contributed by atoms with Crippen molar-refractivity contribution in [1.29, 1.82) is 0 Å². The van der Waals surface area contributed by atoms with Crippen LogP contribution in [-0.4, -0.2) is 78.0 Å². The van der Waals surface area contributed by atoms with Gasteiger partial charge in [0.2, 0.25) is 5.88 Å². The highest BCUT2D eigenvalue weighted by atomic mass is 16.6. The van der Waals surface area contributed by atoms with Gasteiger partial charge in [-0.3, -0.25) is 20.3 Å². The van der Waals surface area contributed by atoms with E-state index in [0.717, 1.165) is 44.8 Å². The third kappa shape index (κ3) is 10.1. The Bertz CT molecular complexity index is 1380. The first kappa shape index (κ1) is 31.5. The molecule has 0 radical (unpaired) electrons. The highest BCUT2D eigenvalue weighted by Crippen LogP contribution is 2.23. The molecule has 0 aliphatic carbocycles. The summed E-state index contributed by atoms with van der Waals surface area (Å²) in [6.45, 7) is 12.1. The summed E-state index contributed by atoms with van der Waals surface area (Å²) in [5, 5.41) is 12.1. The van der Waals surface area contributed by atoms with E-state index in [9.17, 15) is 14.4 Å². The lowest BCUT2D eigenvalue weighted by Gasteiger charge is -2.28. The lowest BCUT2D eigenvalue weighted by molar-refractivity contribution is 0.0365. The van der Waals surface area contributed by atoms with Crippen LogP contribution in [0.4, 0.5) is 26.8 Å². The number of aromatic nitrogens is 1. The number of carbonyl (C=O) groups excluding carboxylic acids is 3. The Hall–Kier alpha value is -4.42. The third-order valence-corrected chi connectivity index (χ3v) is 6.55. The minimum atomic E-state index is -0.655. The maximum atomic E-state index is 13.2. The number of anilines is 3. The number of urea groups is 1. The van der Waals surface area contributed by atoms with Crippen LogP contribution in [-0.2, 0) is 16.0 Å². The van der Waals surface area contributed by atoms with Crippen LogP contribution in [0.1, 0.15) is 48.8 Å². The number of para-hydroxylation sites is 2. The molecule has 0 atom stereocenters. The number of morpholine rings is 1. The molecule has 0 bridgehead atoms. The van der Waals surface area contributed by atoms with E-state index < -0.39 is 11.7 Å².